The number of hydrogen-bond donors (Lipinski definition) is 1. The average molecular weight is 416 g/mol. The standard InChI is InChI=1S/C25H24N2O4/c1-31-20-10-6-5-9-18(20)26-23(28)19(13-15-7-3-2-4-8-15)27-24(29)21-16-11-12-17(14-16)22(21)25(27)30/h2-12,16-17,19,21-22H,13-14H2,1H3,(H,26,28)/t16-,17+,19-,21-,22+/m0/s1. The summed E-state index contributed by atoms with van der Waals surface area (Å²) in [6, 6.07) is 15.7. The number of allylic oxidation sites excluding steroid dienone is 2. The fourth-order valence-corrected chi connectivity index (χ4v) is 5.34. The van der Waals surface area contributed by atoms with E-state index in [-0.39, 0.29) is 41.9 Å². The van der Waals surface area contributed by atoms with Crippen molar-refractivity contribution >= 4 is 23.4 Å². The molecule has 1 N–H and O–H groups in total. The lowest BCUT2D eigenvalue weighted by Crippen LogP contribution is -2.49. The predicted octanol–water partition coefficient (Wildman–Crippen LogP) is 3.05. The topological polar surface area (TPSA) is 75.7 Å². The van der Waals surface area contributed by atoms with Crippen LogP contribution in [-0.2, 0) is 20.8 Å². The van der Waals surface area contributed by atoms with Gasteiger partial charge in [-0.1, -0.05) is 54.6 Å². The first-order chi connectivity index (χ1) is 15.1. The molecule has 0 spiro atoms. The average Bonchev–Trinajstić information content (AvgIpc) is 3.47. The molecule has 2 bridgehead atoms. The fraction of sp³-hybridized carbons (Fsp3) is 0.320. The van der Waals surface area contributed by atoms with Crippen molar-refractivity contribution < 1.29 is 19.1 Å². The monoisotopic (exact) mass is 416 g/mol. The molecule has 2 aliphatic carbocycles. The highest BCUT2D eigenvalue weighted by molar-refractivity contribution is 6.11. The van der Waals surface area contributed by atoms with E-state index in [1.54, 1.807) is 18.2 Å². The number of methoxy groups -OCH3 is 1. The molecule has 3 aliphatic rings. The Balaban J connectivity index is 1.47. The van der Waals surface area contributed by atoms with Gasteiger partial charge in [-0.05, 0) is 36.0 Å². The summed E-state index contributed by atoms with van der Waals surface area (Å²) in [5.74, 6) is -0.773. The minimum absolute atomic E-state index is 0.103. The van der Waals surface area contributed by atoms with Gasteiger partial charge in [-0.3, -0.25) is 19.3 Å². The Labute approximate surface area is 180 Å². The number of nitrogens with zero attached hydrogens (tertiary/aromatic N) is 1. The lowest BCUT2D eigenvalue weighted by atomic mass is 9.85. The van der Waals surface area contributed by atoms with Crippen LogP contribution in [-0.4, -0.2) is 35.8 Å². The van der Waals surface area contributed by atoms with Crippen molar-refractivity contribution in [1.29, 1.82) is 0 Å². The van der Waals surface area contributed by atoms with Crippen LogP contribution in [0.2, 0.25) is 0 Å². The van der Waals surface area contributed by atoms with E-state index in [2.05, 4.69) is 17.5 Å². The smallest absolute Gasteiger partial charge is 0.248 e. The number of benzene rings is 2. The second kappa shape index (κ2) is 7.69. The zero-order valence-electron chi connectivity index (χ0n) is 17.2. The van der Waals surface area contributed by atoms with E-state index in [0.717, 1.165) is 12.0 Å². The van der Waals surface area contributed by atoms with E-state index in [9.17, 15) is 14.4 Å². The summed E-state index contributed by atoms with van der Waals surface area (Å²) in [6.45, 7) is 0. The quantitative estimate of drug-likeness (QED) is 0.580. The van der Waals surface area contributed by atoms with E-state index in [0.29, 0.717) is 11.4 Å². The van der Waals surface area contributed by atoms with Gasteiger partial charge in [0.05, 0.1) is 24.6 Å². The first-order valence-corrected chi connectivity index (χ1v) is 10.6. The van der Waals surface area contributed by atoms with Gasteiger partial charge in [0.15, 0.2) is 0 Å². The summed E-state index contributed by atoms with van der Waals surface area (Å²) in [5.41, 5.74) is 1.40. The maximum absolute atomic E-state index is 13.4. The van der Waals surface area contributed by atoms with Crippen molar-refractivity contribution in [1.82, 2.24) is 4.90 Å². The zero-order valence-corrected chi connectivity index (χ0v) is 17.2. The Morgan fingerprint density at radius 3 is 2.26 bits per heavy atom. The third-order valence-electron chi connectivity index (χ3n) is 6.76. The minimum Gasteiger partial charge on any atom is -0.495 e. The number of hydrogen-bond acceptors (Lipinski definition) is 4. The van der Waals surface area contributed by atoms with Gasteiger partial charge in [0.25, 0.3) is 0 Å². The van der Waals surface area contributed by atoms with Crippen LogP contribution in [0.15, 0.2) is 66.7 Å². The van der Waals surface area contributed by atoms with Crippen LogP contribution in [0.4, 0.5) is 5.69 Å². The molecule has 5 rings (SSSR count). The van der Waals surface area contributed by atoms with Crippen LogP contribution < -0.4 is 10.1 Å². The van der Waals surface area contributed by atoms with Crippen molar-refractivity contribution in [2.75, 3.05) is 12.4 Å². The van der Waals surface area contributed by atoms with Crippen molar-refractivity contribution in [2.45, 2.75) is 18.9 Å². The van der Waals surface area contributed by atoms with Gasteiger partial charge >= 0.3 is 0 Å². The van der Waals surface area contributed by atoms with Gasteiger partial charge < -0.3 is 10.1 Å². The number of carbonyl (C=O) groups is 3. The highest BCUT2D eigenvalue weighted by Gasteiger charge is 2.61. The molecule has 1 saturated carbocycles. The third-order valence-corrected chi connectivity index (χ3v) is 6.76. The molecule has 1 heterocycles. The summed E-state index contributed by atoms with van der Waals surface area (Å²) < 4.78 is 5.34. The van der Waals surface area contributed by atoms with Crippen LogP contribution >= 0.6 is 0 Å². The molecular formula is C25H24N2O4. The Kier molecular flexibility index (Phi) is 4.85. The molecule has 6 nitrogen and oxygen atoms in total. The van der Waals surface area contributed by atoms with E-state index in [1.165, 1.54) is 12.0 Å². The van der Waals surface area contributed by atoms with Crippen LogP contribution in [0, 0.1) is 23.7 Å². The number of likely N-dealkylation sites (tertiary alicyclic amines) is 1. The molecule has 0 unspecified atom stereocenters. The summed E-state index contributed by atoms with van der Waals surface area (Å²) in [4.78, 5) is 41.4. The SMILES string of the molecule is COc1ccccc1NC(=O)[C@H](Cc1ccccc1)N1C(=O)[C@@H]2[C@H](C1=O)[C@@H]1C=C[C@H]2C1. The van der Waals surface area contributed by atoms with Crippen molar-refractivity contribution in [3.63, 3.8) is 0 Å². The minimum atomic E-state index is -0.919. The Morgan fingerprint density at radius 2 is 1.61 bits per heavy atom. The van der Waals surface area contributed by atoms with Crippen molar-refractivity contribution in [3.05, 3.63) is 72.3 Å². The largest absolute Gasteiger partial charge is 0.495 e. The maximum atomic E-state index is 13.4. The van der Waals surface area contributed by atoms with Crippen LogP contribution in [0.1, 0.15) is 12.0 Å². The molecule has 6 heteroatoms. The predicted molar refractivity (Wildman–Crippen MR) is 115 cm³/mol. The molecule has 0 radical (unpaired) electrons. The molecule has 2 aromatic rings. The van der Waals surface area contributed by atoms with Crippen molar-refractivity contribution in [2.24, 2.45) is 23.7 Å². The van der Waals surface area contributed by atoms with E-state index in [1.807, 2.05) is 36.4 Å². The summed E-state index contributed by atoms with van der Waals surface area (Å²) >= 11 is 0. The first-order valence-electron chi connectivity index (χ1n) is 10.6. The van der Waals surface area contributed by atoms with Crippen molar-refractivity contribution in [3.8, 4) is 5.75 Å². The molecule has 158 valence electrons. The molecular weight excluding hydrogens is 392 g/mol. The number of fused-ring (bicyclic) bond motifs is 5. The van der Waals surface area contributed by atoms with Gasteiger partial charge in [0.1, 0.15) is 11.8 Å². The highest BCUT2D eigenvalue weighted by Crippen LogP contribution is 2.53. The Hall–Kier alpha value is -3.41. The van der Waals surface area contributed by atoms with Gasteiger partial charge in [-0.15, -0.1) is 0 Å². The van der Waals surface area contributed by atoms with Gasteiger partial charge in [0, 0.05) is 6.42 Å². The third kappa shape index (κ3) is 3.23. The molecule has 1 saturated heterocycles. The molecule has 1 aliphatic heterocycles. The summed E-state index contributed by atoms with van der Waals surface area (Å²) in [6.07, 6.45) is 5.24. The Morgan fingerprint density at radius 1 is 1.00 bits per heavy atom. The molecule has 31 heavy (non-hydrogen) atoms. The second-order valence-corrected chi connectivity index (χ2v) is 8.44. The lowest BCUT2D eigenvalue weighted by molar-refractivity contribution is -0.147. The van der Waals surface area contributed by atoms with Gasteiger partial charge in [0.2, 0.25) is 17.7 Å². The van der Waals surface area contributed by atoms with Gasteiger partial charge in [-0.2, -0.15) is 0 Å². The Bertz CT molecular complexity index is 1030. The summed E-state index contributed by atoms with van der Waals surface area (Å²) in [7, 11) is 1.53. The molecule has 2 fully saturated rings. The second-order valence-electron chi connectivity index (χ2n) is 8.44. The normalized spacial score (nSPS) is 26.8. The number of rotatable bonds is 6. The number of para-hydroxylation sites is 2. The van der Waals surface area contributed by atoms with Crippen LogP contribution in [0.3, 0.4) is 0 Å². The zero-order chi connectivity index (χ0) is 21.5. The molecule has 2 aromatic carbocycles. The van der Waals surface area contributed by atoms with E-state index in [4.69, 9.17) is 4.74 Å². The van der Waals surface area contributed by atoms with E-state index >= 15 is 0 Å². The number of anilines is 1. The molecule has 0 aromatic heterocycles. The van der Waals surface area contributed by atoms with Crippen LogP contribution in [0.5, 0.6) is 5.75 Å². The number of nitrogens with one attached hydrogen (secondary N) is 1. The molecule has 5 atom stereocenters. The van der Waals surface area contributed by atoms with Gasteiger partial charge in [-0.25, -0.2) is 0 Å². The number of amides is 3. The molecule has 3 amide bonds. The number of imide groups is 1. The summed E-state index contributed by atoms with van der Waals surface area (Å²) in [5, 5.41) is 2.88. The number of ether oxygens (including phenoxy) is 1. The van der Waals surface area contributed by atoms with E-state index < -0.39 is 11.9 Å². The fourth-order valence-electron chi connectivity index (χ4n) is 5.34. The first kappa shape index (κ1) is 19.5. The lowest BCUT2D eigenvalue weighted by Gasteiger charge is -2.27. The number of carbonyl (C=O) groups excluding carboxylic acids is 3. The van der Waals surface area contributed by atoms with Crippen LogP contribution in [0.25, 0.3) is 0 Å². The maximum Gasteiger partial charge on any atom is 0.248 e. The highest BCUT2D eigenvalue weighted by atomic mass is 16.5.